The predicted molar refractivity (Wildman–Crippen MR) is 166 cm³/mol. The zero-order valence-electron chi connectivity index (χ0n) is 24.7. The number of fused-ring (bicyclic) bond motifs is 1. The highest BCUT2D eigenvalue weighted by Crippen LogP contribution is 2.33. The number of para-hydroxylation sites is 1. The first-order valence-corrected chi connectivity index (χ1v) is 14.3. The van der Waals surface area contributed by atoms with E-state index in [1.54, 1.807) is 23.1 Å². The Morgan fingerprint density at radius 3 is 2.86 bits per heavy atom. The monoisotopic (exact) mass is 581 g/mol. The molecule has 0 unspecified atom stereocenters. The quantitative estimate of drug-likeness (QED) is 0.190. The number of carbonyl (C=O) groups is 1. The summed E-state index contributed by atoms with van der Waals surface area (Å²) >= 11 is 0. The minimum Gasteiger partial charge on any atom is -0.473 e. The summed E-state index contributed by atoms with van der Waals surface area (Å²) in [4.78, 5) is 36.4. The number of amides is 1. The highest BCUT2D eigenvalue weighted by molar-refractivity contribution is 6.06. The summed E-state index contributed by atoms with van der Waals surface area (Å²) < 4.78 is 7.86. The number of rotatable bonds is 10. The minimum atomic E-state index is -0.0869. The van der Waals surface area contributed by atoms with E-state index in [0.717, 1.165) is 52.9 Å². The van der Waals surface area contributed by atoms with Gasteiger partial charge in [0.15, 0.2) is 5.82 Å². The number of aromatic nitrogens is 7. The van der Waals surface area contributed by atoms with E-state index in [9.17, 15) is 4.79 Å². The molecule has 1 saturated heterocycles. The van der Waals surface area contributed by atoms with Crippen LogP contribution in [0.5, 0.6) is 5.88 Å². The lowest BCUT2D eigenvalue weighted by molar-refractivity contribution is -0.117. The number of ether oxygens (including phenoxy) is 1. The first-order valence-electron chi connectivity index (χ1n) is 14.3. The van der Waals surface area contributed by atoms with Gasteiger partial charge in [-0.1, -0.05) is 12.1 Å². The fraction of sp³-hybridized carbons (Fsp3) is 0.333. The largest absolute Gasteiger partial charge is 0.473 e. The molecule has 4 N–H and O–H groups in total. The van der Waals surface area contributed by atoms with Crippen LogP contribution in [0.25, 0.3) is 22.2 Å². The molecule has 4 aromatic heterocycles. The van der Waals surface area contributed by atoms with Crippen molar-refractivity contribution in [3.63, 3.8) is 0 Å². The molecular formula is C30H35N11O2. The molecule has 5 heterocycles. The first-order chi connectivity index (χ1) is 20.9. The summed E-state index contributed by atoms with van der Waals surface area (Å²) in [5, 5.41) is 14.8. The van der Waals surface area contributed by atoms with Crippen molar-refractivity contribution in [1.82, 2.24) is 39.6 Å². The SMILES string of the molecule is CCNc1nccc(O[C@H]2CCN(CC(=O)Nc3cccc4c(-c5nc(Nc6cc(C)n(C)n6)ncc5C)c[nH]c34)C2)n1. The summed E-state index contributed by atoms with van der Waals surface area (Å²) in [6.07, 6.45) is 6.17. The number of nitrogens with one attached hydrogen (secondary N) is 4. The fourth-order valence-electron chi connectivity index (χ4n) is 5.22. The Balaban J connectivity index is 1.12. The van der Waals surface area contributed by atoms with Crippen molar-refractivity contribution in [3.05, 3.63) is 60.2 Å². The van der Waals surface area contributed by atoms with Gasteiger partial charge in [0.25, 0.3) is 0 Å². The Morgan fingerprint density at radius 2 is 2.05 bits per heavy atom. The van der Waals surface area contributed by atoms with Crippen molar-refractivity contribution < 1.29 is 9.53 Å². The Bertz CT molecular complexity index is 1740. The molecule has 43 heavy (non-hydrogen) atoms. The van der Waals surface area contributed by atoms with Crippen LogP contribution < -0.4 is 20.7 Å². The second-order valence-corrected chi connectivity index (χ2v) is 10.6. The van der Waals surface area contributed by atoms with Crippen LogP contribution in [0.3, 0.4) is 0 Å². The summed E-state index contributed by atoms with van der Waals surface area (Å²) in [5.74, 6) is 2.13. The van der Waals surface area contributed by atoms with E-state index in [0.29, 0.717) is 35.8 Å². The van der Waals surface area contributed by atoms with E-state index in [1.807, 2.05) is 58.3 Å². The van der Waals surface area contributed by atoms with Crippen molar-refractivity contribution in [2.45, 2.75) is 33.3 Å². The van der Waals surface area contributed by atoms with Gasteiger partial charge in [-0.2, -0.15) is 10.1 Å². The maximum atomic E-state index is 13.1. The molecule has 0 aliphatic carbocycles. The molecule has 1 amide bonds. The average Bonchev–Trinajstić information content (AvgIpc) is 3.69. The lowest BCUT2D eigenvalue weighted by Gasteiger charge is -2.16. The smallest absolute Gasteiger partial charge is 0.238 e. The number of hydrogen-bond donors (Lipinski definition) is 4. The van der Waals surface area contributed by atoms with E-state index in [1.165, 1.54) is 0 Å². The summed E-state index contributed by atoms with van der Waals surface area (Å²) in [5.41, 5.74) is 5.23. The summed E-state index contributed by atoms with van der Waals surface area (Å²) in [7, 11) is 1.89. The molecule has 0 radical (unpaired) electrons. The van der Waals surface area contributed by atoms with Crippen molar-refractivity contribution >= 4 is 40.2 Å². The van der Waals surface area contributed by atoms with E-state index >= 15 is 0 Å². The average molecular weight is 582 g/mol. The fourth-order valence-corrected chi connectivity index (χ4v) is 5.22. The second-order valence-electron chi connectivity index (χ2n) is 10.6. The first kappa shape index (κ1) is 28.1. The van der Waals surface area contributed by atoms with Crippen molar-refractivity contribution in [3.8, 4) is 17.1 Å². The van der Waals surface area contributed by atoms with E-state index < -0.39 is 0 Å². The van der Waals surface area contributed by atoms with Gasteiger partial charge < -0.3 is 25.7 Å². The number of H-pyrrole nitrogens is 1. The van der Waals surface area contributed by atoms with Crippen LogP contribution in [0.15, 0.2) is 48.9 Å². The zero-order valence-corrected chi connectivity index (χ0v) is 24.7. The molecule has 5 aromatic rings. The molecule has 1 atom stereocenters. The third kappa shape index (κ3) is 6.26. The molecule has 0 bridgehead atoms. The van der Waals surface area contributed by atoms with Crippen LogP contribution in [0.4, 0.5) is 23.4 Å². The van der Waals surface area contributed by atoms with Crippen LogP contribution >= 0.6 is 0 Å². The van der Waals surface area contributed by atoms with Crippen molar-refractivity contribution in [2.24, 2.45) is 7.05 Å². The van der Waals surface area contributed by atoms with E-state index in [2.05, 4.69) is 45.9 Å². The lowest BCUT2D eigenvalue weighted by atomic mass is 10.1. The topological polar surface area (TPSA) is 151 Å². The zero-order chi connectivity index (χ0) is 29.9. The molecular weight excluding hydrogens is 546 g/mol. The van der Waals surface area contributed by atoms with Crippen molar-refractivity contribution in [2.75, 3.05) is 42.1 Å². The normalized spacial score (nSPS) is 15.1. The van der Waals surface area contributed by atoms with Gasteiger partial charge in [-0.3, -0.25) is 14.4 Å². The van der Waals surface area contributed by atoms with Crippen LogP contribution in [0.2, 0.25) is 0 Å². The van der Waals surface area contributed by atoms with Gasteiger partial charge >= 0.3 is 0 Å². The van der Waals surface area contributed by atoms with E-state index in [4.69, 9.17) is 9.72 Å². The lowest BCUT2D eigenvalue weighted by Crippen LogP contribution is -2.33. The van der Waals surface area contributed by atoms with Crippen LogP contribution in [-0.2, 0) is 11.8 Å². The maximum Gasteiger partial charge on any atom is 0.238 e. The van der Waals surface area contributed by atoms with Gasteiger partial charge in [0.2, 0.25) is 23.7 Å². The molecule has 1 aromatic carbocycles. The molecule has 1 fully saturated rings. The molecule has 0 spiro atoms. The summed E-state index contributed by atoms with van der Waals surface area (Å²) in [6.45, 7) is 8.37. The standard InChI is InChI=1S/C30H35N11O2/c1-5-31-29-32-11-9-26(37-29)43-20-10-12-41(16-20)17-25(42)35-23-8-6-7-21-22(15-33-28(21)23)27-18(2)14-34-30(38-27)36-24-13-19(3)40(4)39-24/h6-9,11,13-15,20,33H,5,10,12,16-17H2,1-4H3,(H,35,42)(H,31,32,37)(H,34,36,38,39)/t20-/m0/s1. The summed E-state index contributed by atoms with van der Waals surface area (Å²) in [6, 6.07) is 9.55. The number of hydrogen-bond acceptors (Lipinski definition) is 10. The third-order valence-corrected chi connectivity index (χ3v) is 7.42. The van der Waals surface area contributed by atoms with Crippen LogP contribution in [0, 0.1) is 13.8 Å². The molecule has 0 saturated carbocycles. The molecule has 6 rings (SSSR count). The molecule has 13 nitrogen and oxygen atoms in total. The molecule has 222 valence electrons. The third-order valence-electron chi connectivity index (χ3n) is 7.42. The predicted octanol–water partition coefficient (Wildman–Crippen LogP) is 4.03. The molecule has 13 heteroatoms. The number of aryl methyl sites for hydroxylation is 3. The maximum absolute atomic E-state index is 13.1. The molecule has 1 aliphatic rings. The Labute approximate surface area is 249 Å². The highest BCUT2D eigenvalue weighted by atomic mass is 16.5. The van der Waals surface area contributed by atoms with Crippen LogP contribution in [0.1, 0.15) is 24.6 Å². The number of anilines is 4. The van der Waals surface area contributed by atoms with Gasteiger partial charge in [0, 0.05) is 74.0 Å². The van der Waals surface area contributed by atoms with Gasteiger partial charge in [-0.05, 0) is 38.8 Å². The number of nitrogens with zero attached hydrogens (tertiary/aromatic N) is 7. The Hall–Kier alpha value is -5.04. The number of carbonyl (C=O) groups excluding carboxylic acids is 1. The van der Waals surface area contributed by atoms with Gasteiger partial charge in [-0.25, -0.2) is 15.0 Å². The van der Waals surface area contributed by atoms with Crippen molar-refractivity contribution in [1.29, 1.82) is 0 Å². The van der Waals surface area contributed by atoms with E-state index in [-0.39, 0.29) is 18.6 Å². The van der Waals surface area contributed by atoms with Gasteiger partial charge in [-0.15, -0.1) is 0 Å². The Kier molecular flexibility index (Phi) is 7.88. The van der Waals surface area contributed by atoms with Crippen LogP contribution in [-0.4, -0.2) is 77.8 Å². The molecule has 1 aliphatic heterocycles. The number of likely N-dealkylation sites (tertiary alicyclic amines) is 1. The second kappa shape index (κ2) is 12.1. The van der Waals surface area contributed by atoms with Gasteiger partial charge in [0.05, 0.1) is 23.4 Å². The highest BCUT2D eigenvalue weighted by Gasteiger charge is 2.26. The Morgan fingerprint density at radius 1 is 1.16 bits per heavy atom. The van der Waals surface area contributed by atoms with Gasteiger partial charge in [0.1, 0.15) is 6.10 Å². The minimum absolute atomic E-state index is 0.0382. The number of aromatic amines is 1. The number of benzene rings is 1.